The van der Waals surface area contributed by atoms with Gasteiger partial charge in [0.05, 0.1) is 6.61 Å². The number of nitrogen functional groups attached to an aromatic ring is 1. The van der Waals surface area contributed by atoms with Crippen LogP contribution in [-0.2, 0) is 37.3 Å². The molecule has 0 aliphatic carbocycles. The topological polar surface area (TPSA) is 279 Å². The molecule has 3 rings (SSSR count). The Labute approximate surface area is 186 Å². The summed E-state index contributed by atoms with van der Waals surface area (Å²) in [6.07, 6.45) is -0.143. The zero-order chi connectivity index (χ0) is 25.7. The summed E-state index contributed by atoms with van der Waals surface area (Å²) in [6.45, 7) is -1.20. The summed E-state index contributed by atoms with van der Waals surface area (Å²) in [5, 5.41) is 10.2. The van der Waals surface area contributed by atoms with Crippen molar-refractivity contribution >= 4 is 40.6 Å². The van der Waals surface area contributed by atoms with Crippen LogP contribution in [0, 0.1) is 12.3 Å². The van der Waals surface area contributed by atoms with Crippen LogP contribution in [0.1, 0.15) is 0 Å². The van der Waals surface area contributed by atoms with Crippen molar-refractivity contribution in [3.63, 3.8) is 0 Å². The zero-order valence-electron chi connectivity index (χ0n) is 16.2. The van der Waals surface area contributed by atoms with Crippen molar-refractivity contribution in [3.05, 3.63) is 16.7 Å². The quantitative estimate of drug-likeness (QED) is 0.145. The smallest absolute Gasteiger partial charge is 0.387 e. The largest absolute Gasteiger partial charge is 0.490 e. The maximum Gasteiger partial charge on any atom is 0.490 e. The third-order valence-corrected chi connectivity index (χ3v) is 8.00. The third kappa shape index (κ3) is 5.29. The molecule has 18 nitrogen and oxygen atoms in total. The number of nitrogens with two attached hydrogens (primary N) is 1. The highest BCUT2D eigenvalue weighted by molar-refractivity contribution is 7.66. The first-order valence-corrected chi connectivity index (χ1v) is 13.0. The summed E-state index contributed by atoms with van der Waals surface area (Å²) in [4.78, 5) is 57.4. The van der Waals surface area contributed by atoms with Crippen molar-refractivity contribution < 1.29 is 60.6 Å². The molecule has 3 unspecified atom stereocenters. The van der Waals surface area contributed by atoms with Gasteiger partial charge in [-0.2, -0.15) is 13.6 Å². The number of terminal acetylenes is 1. The van der Waals surface area contributed by atoms with Gasteiger partial charge in [0.25, 0.3) is 5.56 Å². The van der Waals surface area contributed by atoms with E-state index in [2.05, 4.69) is 28.1 Å². The molecular weight excluding hydrogens is 534 g/mol. The first-order chi connectivity index (χ1) is 15.5. The number of ether oxygens (including phenoxy) is 1. The maximum atomic E-state index is 15.1. The van der Waals surface area contributed by atoms with Gasteiger partial charge in [0.2, 0.25) is 11.7 Å². The van der Waals surface area contributed by atoms with Crippen LogP contribution < -0.4 is 11.3 Å². The molecular formula is C12H15FN5O13P3. The molecule has 0 radical (unpaired) electrons. The molecule has 1 aliphatic rings. The van der Waals surface area contributed by atoms with Gasteiger partial charge < -0.3 is 35.2 Å². The molecule has 0 spiro atoms. The SMILES string of the molecule is C#C[C@@]1(n2cnc3c(=O)[nH]c(N)nc32)OC(COP(=O)(O)OP(=O)(O)OP(=O)(O)O)[C@@H](O)[C@H]1F. The molecule has 1 fully saturated rings. The molecule has 188 valence electrons. The number of anilines is 1. The normalized spacial score (nSPS) is 28.9. The predicted octanol–water partition coefficient (Wildman–Crippen LogP) is -1.57. The summed E-state index contributed by atoms with van der Waals surface area (Å²) in [5.41, 5.74) is 1.52. The number of fused-ring (bicyclic) bond motifs is 1. The van der Waals surface area contributed by atoms with E-state index in [9.17, 15) is 28.5 Å². The fraction of sp³-hybridized carbons (Fsp3) is 0.417. The number of nitrogens with one attached hydrogen (secondary N) is 1. The van der Waals surface area contributed by atoms with Crippen LogP contribution in [0.5, 0.6) is 0 Å². The van der Waals surface area contributed by atoms with Crippen molar-refractivity contribution in [2.24, 2.45) is 0 Å². The molecule has 0 amide bonds. The van der Waals surface area contributed by atoms with Crippen molar-refractivity contribution in [1.82, 2.24) is 19.5 Å². The second kappa shape index (κ2) is 8.88. The van der Waals surface area contributed by atoms with Crippen LogP contribution in [0.15, 0.2) is 11.1 Å². The van der Waals surface area contributed by atoms with E-state index in [1.165, 1.54) is 0 Å². The van der Waals surface area contributed by atoms with Crippen molar-refractivity contribution in [1.29, 1.82) is 0 Å². The van der Waals surface area contributed by atoms with Gasteiger partial charge in [0, 0.05) is 0 Å². The molecule has 1 saturated heterocycles. The lowest BCUT2D eigenvalue weighted by Gasteiger charge is -2.26. The molecule has 2 aromatic rings. The van der Waals surface area contributed by atoms with Gasteiger partial charge in [-0.15, -0.1) is 6.42 Å². The van der Waals surface area contributed by atoms with Crippen molar-refractivity contribution in [2.45, 2.75) is 24.1 Å². The molecule has 0 bridgehead atoms. The number of aliphatic hydroxyl groups is 1. The Morgan fingerprint density at radius 3 is 2.53 bits per heavy atom. The molecule has 22 heteroatoms. The van der Waals surface area contributed by atoms with Gasteiger partial charge in [0.15, 0.2) is 17.3 Å². The highest BCUT2D eigenvalue weighted by Crippen LogP contribution is 2.66. The summed E-state index contributed by atoms with van der Waals surface area (Å²) >= 11 is 0. The predicted molar refractivity (Wildman–Crippen MR) is 105 cm³/mol. The fourth-order valence-corrected chi connectivity index (χ4v) is 5.96. The Hall–Kier alpha value is -2.03. The molecule has 0 aromatic carbocycles. The molecule has 8 N–H and O–H groups in total. The Bertz CT molecular complexity index is 1350. The summed E-state index contributed by atoms with van der Waals surface area (Å²) in [5.74, 6) is 1.56. The zero-order valence-corrected chi connectivity index (χ0v) is 18.9. The average Bonchev–Trinajstić information content (AvgIpc) is 3.18. The number of halogens is 1. The number of aliphatic hydroxyl groups excluding tert-OH is 1. The summed E-state index contributed by atoms with van der Waals surface area (Å²) < 4.78 is 66.5. The van der Waals surface area contributed by atoms with Gasteiger partial charge in [-0.25, -0.2) is 23.1 Å². The molecule has 1 aliphatic heterocycles. The Balaban J connectivity index is 1.84. The molecule has 34 heavy (non-hydrogen) atoms. The van der Waals surface area contributed by atoms with Crippen LogP contribution in [0.2, 0.25) is 0 Å². The van der Waals surface area contributed by atoms with Crippen LogP contribution in [0.4, 0.5) is 10.3 Å². The van der Waals surface area contributed by atoms with Crippen LogP contribution in [0.25, 0.3) is 11.2 Å². The van der Waals surface area contributed by atoms with E-state index < -0.39 is 59.7 Å². The van der Waals surface area contributed by atoms with E-state index in [4.69, 9.17) is 31.6 Å². The van der Waals surface area contributed by atoms with E-state index >= 15 is 4.39 Å². The lowest BCUT2D eigenvalue weighted by Crippen LogP contribution is -2.41. The number of phosphoric ester groups is 1. The number of hydrogen-bond acceptors (Lipinski definition) is 12. The highest BCUT2D eigenvalue weighted by atomic mass is 31.3. The Morgan fingerprint density at radius 2 is 1.94 bits per heavy atom. The molecule has 3 heterocycles. The first-order valence-electron chi connectivity index (χ1n) is 8.50. The van der Waals surface area contributed by atoms with Crippen molar-refractivity contribution in [2.75, 3.05) is 12.3 Å². The van der Waals surface area contributed by atoms with E-state index in [0.717, 1.165) is 10.9 Å². The maximum absolute atomic E-state index is 15.1. The number of hydrogen-bond donors (Lipinski definition) is 7. The Kier molecular flexibility index (Phi) is 6.94. The number of alkyl halides is 1. The van der Waals surface area contributed by atoms with Gasteiger partial charge in [-0.05, 0) is 5.92 Å². The third-order valence-electron chi connectivity index (χ3n) is 4.19. The second-order valence-corrected chi connectivity index (χ2v) is 10.9. The highest BCUT2D eigenvalue weighted by Gasteiger charge is 2.57. The average molecular weight is 549 g/mol. The minimum absolute atomic E-state index is 0.314. The number of nitrogens with zero attached hydrogens (tertiary/aromatic N) is 3. The number of aromatic amines is 1. The van der Waals surface area contributed by atoms with Gasteiger partial charge in [-0.3, -0.25) is 18.9 Å². The van der Waals surface area contributed by atoms with Crippen molar-refractivity contribution in [3.8, 4) is 12.3 Å². The molecule has 6 atom stereocenters. The number of rotatable bonds is 8. The van der Waals surface area contributed by atoms with E-state index in [1.54, 1.807) is 0 Å². The molecule has 2 aromatic heterocycles. The van der Waals surface area contributed by atoms with E-state index in [-0.39, 0.29) is 17.1 Å². The fourth-order valence-electron chi connectivity index (χ4n) is 2.93. The lowest BCUT2D eigenvalue weighted by molar-refractivity contribution is -0.0895. The second-order valence-electron chi connectivity index (χ2n) is 6.51. The number of phosphoric acid groups is 3. The number of aromatic nitrogens is 4. The summed E-state index contributed by atoms with van der Waals surface area (Å²) in [6, 6.07) is 0. The van der Waals surface area contributed by atoms with Crippen LogP contribution in [0.3, 0.4) is 0 Å². The monoisotopic (exact) mass is 549 g/mol. The standard InChI is InChI=1S/C12H15FN5O13P3/c1-2-12(18-4-15-6-9(18)16-11(14)17-10(6)20)8(13)7(19)5(29-12)3-28-33(24,25)31-34(26,27)30-32(21,22)23/h1,4-5,7-8,19H,3H2,(H,24,25)(H,26,27)(H2,21,22,23)(H3,14,16,17,20)/t5?,7-,8-,12-/m1/s1. The van der Waals surface area contributed by atoms with E-state index in [0.29, 0.717) is 0 Å². The number of imidazole rings is 1. The Morgan fingerprint density at radius 1 is 1.29 bits per heavy atom. The summed E-state index contributed by atoms with van der Waals surface area (Å²) in [7, 11) is -17.0. The van der Waals surface area contributed by atoms with Crippen LogP contribution in [-0.4, -0.2) is 69.2 Å². The number of H-pyrrole nitrogens is 1. The van der Waals surface area contributed by atoms with Crippen LogP contribution >= 0.6 is 23.5 Å². The molecule has 0 saturated carbocycles. The van der Waals surface area contributed by atoms with Gasteiger partial charge in [-0.1, -0.05) is 0 Å². The van der Waals surface area contributed by atoms with Gasteiger partial charge in [0.1, 0.15) is 18.5 Å². The first kappa shape index (κ1) is 26.6. The van der Waals surface area contributed by atoms with E-state index in [1.807, 2.05) is 5.92 Å². The minimum Gasteiger partial charge on any atom is -0.387 e. The lowest BCUT2D eigenvalue weighted by atomic mass is 10.0. The minimum atomic E-state index is -5.81. The van der Waals surface area contributed by atoms with Gasteiger partial charge >= 0.3 is 23.5 Å².